The summed E-state index contributed by atoms with van der Waals surface area (Å²) in [6, 6.07) is 8.28. The van der Waals surface area contributed by atoms with Crippen molar-refractivity contribution in [2.24, 2.45) is 0 Å². The van der Waals surface area contributed by atoms with Gasteiger partial charge in [0, 0.05) is 31.1 Å². The van der Waals surface area contributed by atoms with Crippen LogP contribution < -0.4 is 10.6 Å². The van der Waals surface area contributed by atoms with Gasteiger partial charge in [0.1, 0.15) is 5.82 Å². The van der Waals surface area contributed by atoms with Gasteiger partial charge in [0.25, 0.3) is 0 Å². The Bertz CT molecular complexity index is 628. The zero-order chi connectivity index (χ0) is 15.9. The molecule has 5 heteroatoms. The van der Waals surface area contributed by atoms with Crippen LogP contribution in [-0.4, -0.2) is 30.2 Å². The smallest absolute Gasteiger partial charge is 0.224 e. The molecule has 0 unspecified atom stereocenters. The van der Waals surface area contributed by atoms with Crippen molar-refractivity contribution in [1.82, 2.24) is 9.97 Å². The first-order valence-electron chi connectivity index (χ1n) is 7.58. The minimum absolute atomic E-state index is 0.617. The summed E-state index contributed by atoms with van der Waals surface area (Å²) in [5.74, 6) is 1.42. The number of rotatable bonds is 7. The number of ether oxygens (including phenoxy) is 1. The van der Waals surface area contributed by atoms with Gasteiger partial charge in [-0.2, -0.15) is 4.98 Å². The lowest BCUT2D eigenvalue weighted by molar-refractivity contribution is 0.210. The van der Waals surface area contributed by atoms with Gasteiger partial charge >= 0.3 is 0 Å². The molecule has 0 fully saturated rings. The van der Waals surface area contributed by atoms with E-state index in [4.69, 9.17) is 4.74 Å². The minimum Gasteiger partial charge on any atom is -0.383 e. The third-order valence-corrected chi connectivity index (χ3v) is 3.44. The topological polar surface area (TPSA) is 59.1 Å². The average molecular weight is 300 g/mol. The zero-order valence-electron chi connectivity index (χ0n) is 13.7. The molecule has 0 spiro atoms. The number of anilines is 3. The van der Waals surface area contributed by atoms with E-state index in [0.717, 1.165) is 23.6 Å². The Morgan fingerprint density at radius 3 is 2.73 bits per heavy atom. The van der Waals surface area contributed by atoms with Crippen LogP contribution in [0.1, 0.15) is 23.7 Å². The maximum Gasteiger partial charge on any atom is 0.224 e. The molecule has 0 saturated heterocycles. The summed E-state index contributed by atoms with van der Waals surface area (Å²) in [6.07, 6.45) is 0.979. The lowest BCUT2D eigenvalue weighted by atomic mass is 10.1. The van der Waals surface area contributed by atoms with Crippen LogP contribution >= 0.6 is 0 Å². The Morgan fingerprint density at radius 2 is 2.00 bits per heavy atom. The maximum atomic E-state index is 5.03. The van der Waals surface area contributed by atoms with Gasteiger partial charge in [-0.1, -0.05) is 25.1 Å². The first-order valence-corrected chi connectivity index (χ1v) is 7.58. The van der Waals surface area contributed by atoms with Gasteiger partial charge in [-0.05, 0) is 31.4 Å². The summed E-state index contributed by atoms with van der Waals surface area (Å²) in [7, 11) is 1.68. The van der Waals surface area contributed by atoms with E-state index in [9.17, 15) is 0 Å². The molecule has 0 aliphatic carbocycles. The van der Waals surface area contributed by atoms with Gasteiger partial charge in [0.15, 0.2) is 0 Å². The quantitative estimate of drug-likeness (QED) is 0.767. The summed E-state index contributed by atoms with van der Waals surface area (Å²) in [5.41, 5.74) is 4.55. The second-order valence-electron chi connectivity index (χ2n) is 5.23. The van der Waals surface area contributed by atoms with E-state index in [2.05, 4.69) is 52.6 Å². The molecule has 2 rings (SSSR count). The number of benzene rings is 1. The van der Waals surface area contributed by atoms with Gasteiger partial charge in [0.05, 0.1) is 6.61 Å². The number of hydrogen-bond donors (Lipinski definition) is 2. The Hall–Kier alpha value is -2.14. The van der Waals surface area contributed by atoms with Gasteiger partial charge in [-0.3, -0.25) is 0 Å². The number of methoxy groups -OCH3 is 1. The molecule has 118 valence electrons. The Kier molecular flexibility index (Phi) is 5.72. The van der Waals surface area contributed by atoms with Crippen molar-refractivity contribution >= 4 is 17.5 Å². The molecule has 0 atom stereocenters. The molecule has 0 aliphatic heterocycles. The standard InChI is InChI=1S/C17H24N4O/c1-5-14-8-6-7-12(2)16(14)20-15-11-13(3)19-17(21-15)18-9-10-22-4/h6-8,11H,5,9-10H2,1-4H3,(H2,18,19,20,21). The van der Waals surface area contributed by atoms with Crippen molar-refractivity contribution in [2.75, 3.05) is 30.9 Å². The largest absolute Gasteiger partial charge is 0.383 e. The second kappa shape index (κ2) is 7.75. The molecule has 0 aliphatic rings. The molecule has 0 amide bonds. The molecule has 0 saturated carbocycles. The Labute approximate surface area is 132 Å². The maximum absolute atomic E-state index is 5.03. The molecule has 2 aromatic rings. The number of para-hydroxylation sites is 1. The van der Waals surface area contributed by atoms with Crippen molar-refractivity contribution in [2.45, 2.75) is 27.2 Å². The van der Waals surface area contributed by atoms with E-state index in [1.54, 1.807) is 7.11 Å². The molecule has 1 aromatic carbocycles. The summed E-state index contributed by atoms with van der Waals surface area (Å²) >= 11 is 0. The highest BCUT2D eigenvalue weighted by atomic mass is 16.5. The van der Waals surface area contributed by atoms with Crippen LogP contribution in [0.15, 0.2) is 24.3 Å². The fourth-order valence-electron chi connectivity index (χ4n) is 2.31. The lowest BCUT2D eigenvalue weighted by Gasteiger charge is -2.14. The predicted octanol–water partition coefficient (Wildman–Crippen LogP) is 3.46. The van der Waals surface area contributed by atoms with E-state index in [1.807, 2.05) is 13.0 Å². The number of aryl methyl sites for hydroxylation is 3. The average Bonchev–Trinajstić information content (AvgIpc) is 2.49. The number of nitrogens with one attached hydrogen (secondary N) is 2. The van der Waals surface area contributed by atoms with Gasteiger partial charge in [-0.15, -0.1) is 0 Å². The molecule has 0 bridgehead atoms. The summed E-state index contributed by atoms with van der Waals surface area (Å²) in [4.78, 5) is 8.92. The number of hydrogen-bond acceptors (Lipinski definition) is 5. The summed E-state index contributed by atoms with van der Waals surface area (Å²) in [5, 5.41) is 6.61. The fraction of sp³-hybridized carbons (Fsp3) is 0.412. The van der Waals surface area contributed by atoms with Crippen LogP contribution in [-0.2, 0) is 11.2 Å². The van der Waals surface area contributed by atoms with E-state index in [1.165, 1.54) is 11.1 Å². The van der Waals surface area contributed by atoms with Crippen LogP contribution in [0, 0.1) is 13.8 Å². The predicted molar refractivity (Wildman–Crippen MR) is 91.0 cm³/mol. The van der Waals surface area contributed by atoms with Crippen molar-refractivity contribution in [3.63, 3.8) is 0 Å². The zero-order valence-corrected chi connectivity index (χ0v) is 13.7. The highest BCUT2D eigenvalue weighted by Gasteiger charge is 2.07. The van der Waals surface area contributed by atoms with E-state index in [-0.39, 0.29) is 0 Å². The molecular formula is C17H24N4O. The summed E-state index contributed by atoms with van der Waals surface area (Å²) < 4.78 is 5.03. The Balaban J connectivity index is 2.22. The van der Waals surface area contributed by atoms with Crippen LogP contribution in [0.5, 0.6) is 0 Å². The normalized spacial score (nSPS) is 10.5. The number of nitrogens with zero attached hydrogens (tertiary/aromatic N) is 2. The Morgan fingerprint density at radius 1 is 1.18 bits per heavy atom. The van der Waals surface area contributed by atoms with E-state index >= 15 is 0 Å². The fourth-order valence-corrected chi connectivity index (χ4v) is 2.31. The third kappa shape index (κ3) is 4.18. The highest BCUT2D eigenvalue weighted by Crippen LogP contribution is 2.25. The highest BCUT2D eigenvalue weighted by molar-refractivity contribution is 5.65. The van der Waals surface area contributed by atoms with E-state index in [0.29, 0.717) is 19.1 Å². The SMILES string of the molecule is CCc1cccc(C)c1Nc1cc(C)nc(NCCOC)n1. The first kappa shape index (κ1) is 16.2. The van der Waals surface area contributed by atoms with Crippen molar-refractivity contribution in [1.29, 1.82) is 0 Å². The van der Waals surface area contributed by atoms with Crippen molar-refractivity contribution < 1.29 is 4.74 Å². The van der Waals surface area contributed by atoms with Gasteiger partial charge in [0.2, 0.25) is 5.95 Å². The molecule has 2 N–H and O–H groups in total. The molecule has 0 radical (unpaired) electrons. The number of aromatic nitrogens is 2. The van der Waals surface area contributed by atoms with Crippen molar-refractivity contribution in [3.05, 3.63) is 41.1 Å². The van der Waals surface area contributed by atoms with Crippen LogP contribution in [0.25, 0.3) is 0 Å². The monoisotopic (exact) mass is 300 g/mol. The molecular weight excluding hydrogens is 276 g/mol. The molecule has 22 heavy (non-hydrogen) atoms. The van der Waals surface area contributed by atoms with Crippen LogP contribution in [0.4, 0.5) is 17.5 Å². The molecule has 1 heterocycles. The third-order valence-electron chi connectivity index (χ3n) is 3.44. The van der Waals surface area contributed by atoms with Gasteiger partial charge in [-0.25, -0.2) is 4.98 Å². The van der Waals surface area contributed by atoms with Crippen molar-refractivity contribution in [3.8, 4) is 0 Å². The van der Waals surface area contributed by atoms with Crippen LogP contribution in [0.3, 0.4) is 0 Å². The molecule has 1 aromatic heterocycles. The first-order chi connectivity index (χ1) is 10.6. The summed E-state index contributed by atoms with van der Waals surface area (Å²) in [6.45, 7) is 7.53. The van der Waals surface area contributed by atoms with Gasteiger partial charge < -0.3 is 15.4 Å². The minimum atomic E-state index is 0.617. The molecule has 5 nitrogen and oxygen atoms in total. The lowest BCUT2D eigenvalue weighted by Crippen LogP contribution is -2.11. The second-order valence-corrected chi connectivity index (χ2v) is 5.23. The van der Waals surface area contributed by atoms with E-state index < -0.39 is 0 Å². The van der Waals surface area contributed by atoms with Crippen LogP contribution in [0.2, 0.25) is 0 Å².